The molecule has 0 radical (unpaired) electrons. The first-order valence-electron chi connectivity index (χ1n) is 6.21. The molecule has 0 saturated heterocycles. The summed E-state index contributed by atoms with van der Waals surface area (Å²) in [5.74, 6) is 0.925. The molecule has 3 unspecified atom stereocenters. The number of amidine groups is 1. The molecule has 0 aromatic heterocycles. The highest BCUT2D eigenvalue weighted by Crippen LogP contribution is 2.25. The Morgan fingerprint density at radius 1 is 1.20 bits per heavy atom. The van der Waals surface area contributed by atoms with E-state index in [1.165, 1.54) is 37.3 Å². The molecule has 3 heteroatoms. The minimum absolute atomic E-state index is 0.678. The number of hydrogen-bond donors (Lipinski definition) is 1. The fourth-order valence-corrected chi connectivity index (χ4v) is 3.28. The Morgan fingerprint density at radius 3 is 2.80 bits per heavy atom. The molecule has 0 aromatic rings. The molecule has 2 nitrogen and oxygen atoms in total. The van der Waals surface area contributed by atoms with Crippen molar-refractivity contribution in [3.05, 3.63) is 0 Å². The number of aliphatic imine (C=N–C) groups is 1. The van der Waals surface area contributed by atoms with E-state index in [1.54, 1.807) is 0 Å². The van der Waals surface area contributed by atoms with Crippen LogP contribution in [-0.2, 0) is 0 Å². The second-order valence-corrected chi connectivity index (χ2v) is 6.46. The molecule has 86 valence electrons. The molecule has 1 aliphatic carbocycles. The lowest BCUT2D eigenvalue weighted by atomic mass is 10.0. The van der Waals surface area contributed by atoms with Crippen molar-refractivity contribution in [2.45, 2.75) is 57.2 Å². The van der Waals surface area contributed by atoms with E-state index in [-0.39, 0.29) is 0 Å². The highest BCUT2D eigenvalue weighted by Gasteiger charge is 2.20. The molecule has 1 heterocycles. The van der Waals surface area contributed by atoms with Crippen LogP contribution >= 0.6 is 11.8 Å². The quantitative estimate of drug-likeness (QED) is 0.695. The van der Waals surface area contributed by atoms with Crippen LogP contribution in [0.5, 0.6) is 0 Å². The van der Waals surface area contributed by atoms with Gasteiger partial charge in [0.1, 0.15) is 0 Å². The standard InChI is InChI=1S/C12H22N2S/c1-9-4-3-5-11(7-6-9)14-12-13-8-10(2)15-12/h9-11H,3-8H2,1-2H3,(H,13,14). The van der Waals surface area contributed by atoms with E-state index in [1.807, 2.05) is 11.8 Å². The first-order valence-corrected chi connectivity index (χ1v) is 7.09. The van der Waals surface area contributed by atoms with Crippen LogP contribution in [0.3, 0.4) is 0 Å². The van der Waals surface area contributed by atoms with Gasteiger partial charge in [0.2, 0.25) is 0 Å². The van der Waals surface area contributed by atoms with Crippen LogP contribution in [0.4, 0.5) is 0 Å². The van der Waals surface area contributed by atoms with Crippen LogP contribution in [0.25, 0.3) is 0 Å². The number of hydrogen-bond acceptors (Lipinski definition) is 3. The summed E-state index contributed by atoms with van der Waals surface area (Å²) in [6, 6.07) is 0.687. The van der Waals surface area contributed by atoms with Crippen LogP contribution < -0.4 is 5.32 Å². The third kappa shape index (κ3) is 3.40. The zero-order valence-electron chi connectivity index (χ0n) is 9.83. The van der Waals surface area contributed by atoms with Gasteiger partial charge in [-0.05, 0) is 25.2 Å². The van der Waals surface area contributed by atoms with E-state index >= 15 is 0 Å². The Bertz CT molecular complexity index is 240. The molecule has 2 rings (SSSR count). The van der Waals surface area contributed by atoms with Gasteiger partial charge in [-0.1, -0.05) is 38.5 Å². The Labute approximate surface area is 97.3 Å². The summed E-state index contributed by atoms with van der Waals surface area (Å²) >= 11 is 1.91. The largest absolute Gasteiger partial charge is 0.362 e. The molecule has 15 heavy (non-hydrogen) atoms. The molecule has 1 aliphatic heterocycles. The molecular weight excluding hydrogens is 204 g/mol. The average Bonchev–Trinajstić information content (AvgIpc) is 2.48. The van der Waals surface area contributed by atoms with Crippen molar-refractivity contribution < 1.29 is 0 Å². The van der Waals surface area contributed by atoms with Crippen molar-refractivity contribution >= 4 is 16.9 Å². The van der Waals surface area contributed by atoms with Crippen molar-refractivity contribution in [3.8, 4) is 0 Å². The first kappa shape index (κ1) is 11.3. The minimum atomic E-state index is 0.678. The second kappa shape index (κ2) is 5.24. The normalized spacial score (nSPS) is 37.2. The van der Waals surface area contributed by atoms with E-state index in [2.05, 4.69) is 24.2 Å². The zero-order valence-corrected chi connectivity index (χ0v) is 10.6. The number of nitrogens with one attached hydrogen (secondary N) is 1. The molecule has 0 bridgehead atoms. The van der Waals surface area contributed by atoms with Gasteiger partial charge in [0, 0.05) is 11.3 Å². The fraction of sp³-hybridized carbons (Fsp3) is 0.917. The molecule has 0 amide bonds. The Balaban J connectivity index is 1.79. The van der Waals surface area contributed by atoms with Crippen LogP contribution in [-0.4, -0.2) is 23.0 Å². The van der Waals surface area contributed by atoms with Gasteiger partial charge in [-0.15, -0.1) is 0 Å². The van der Waals surface area contributed by atoms with Crippen LogP contribution in [0.1, 0.15) is 46.0 Å². The molecule has 1 fully saturated rings. The summed E-state index contributed by atoms with van der Waals surface area (Å²) in [4.78, 5) is 4.53. The van der Waals surface area contributed by atoms with Gasteiger partial charge in [0.15, 0.2) is 5.17 Å². The fourth-order valence-electron chi connectivity index (χ4n) is 2.36. The van der Waals surface area contributed by atoms with Crippen molar-refractivity contribution in [2.75, 3.05) is 6.54 Å². The van der Waals surface area contributed by atoms with E-state index in [9.17, 15) is 0 Å². The summed E-state index contributed by atoms with van der Waals surface area (Å²) in [6.45, 7) is 5.63. The number of thioether (sulfide) groups is 1. The van der Waals surface area contributed by atoms with E-state index in [0.717, 1.165) is 12.5 Å². The highest BCUT2D eigenvalue weighted by molar-refractivity contribution is 8.14. The Hall–Kier alpha value is -0.180. The minimum Gasteiger partial charge on any atom is -0.362 e. The molecule has 1 saturated carbocycles. The Kier molecular flexibility index (Phi) is 3.95. The molecule has 2 aliphatic rings. The third-order valence-electron chi connectivity index (χ3n) is 3.39. The van der Waals surface area contributed by atoms with Crippen LogP contribution in [0.2, 0.25) is 0 Å². The summed E-state index contributed by atoms with van der Waals surface area (Å²) in [5.41, 5.74) is 0. The topological polar surface area (TPSA) is 24.4 Å². The predicted molar refractivity (Wildman–Crippen MR) is 68.5 cm³/mol. The lowest BCUT2D eigenvalue weighted by molar-refractivity contribution is 0.490. The monoisotopic (exact) mass is 226 g/mol. The lowest BCUT2D eigenvalue weighted by Crippen LogP contribution is -2.32. The number of rotatable bonds is 1. The maximum atomic E-state index is 4.53. The average molecular weight is 226 g/mol. The van der Waals surface area contributed by atoms with Crippen molar-refractivity contribution in [3.63, 3.8) is 0 Å². The predicted octanol–water partition coefficient (Wildman–Crippen LogP) is 3.04. The molecule has 1 N–H and O–H groups in total. The number of nitrogens with zero attached hydrogens (tertiary/aromatic N) is 1. The third-order valence-corrected chi connectivity index (χ3v) is 4.41. The summed E-state index contributed by atoms with van der Waals surface area (Å²) in [7, 11) is 0. The van der Waals surface area contributed by atoms with Gasteiger partial charge < -0.3 is 5.32 Å². The highest BCUT2D eigenvalue weighted by atomic mass is 32.2. The zero-order chi connectivity index (χ0) is 10.7. The molecular formula is C12H22N2S. The molecule has 0 spiro atoms. The molecule has 3 atom stereocenters. The van der Waals surface area contributed by atoms with Gasteiger partial charge in [-0.2, -0.15) is 0 Å². The van der Waals surface area contributed by atoms with Crippen molar-refractivity contribution in [1.82, 2.24) is 5.32 Å². The van der Waals surface area contributed by atoms with E-state index < -0.39 is 0 Å². The molecule has 0 aromatic carbocycles. The van der Waals surface area contributed by atoms with Gasteiger partial charge in [-0.25, -0.2) is 0 Å². The van der Waals surface area contributed by atoms with Crippen LogP contribution in [0, 0.1) is 5.92 Å². The lowest BCUT2D eigenvalue weighted by Gasteiger charge is -2.17. The Morgan fingerprint density at radius 2 is 2.07 bits per heavy atom. The van der Waals surface area contributed by atoms with Crippen LogP contribution in [0.15, 0.2) is 4.99 Å². The summed E-state index contributed by atoms with van der Waals surface area (Å²) in [6.07, 6.45) is 6.83. The summed E-state index contributed by atoms with van der Waals surface area (Å²) in [5, 5.41) is 5.50. The second-order valence-electron chi connectivity index (χ2n) is 5.03. The van der Waals surface area contributed by atoms with Gasteiger partial charge >= 0.3 is 0 Å². The smallest absolute Gasteiger partial charge is 0.157 e. The van der Waals surface area contributed by atoms with Gasteiger partial charge in [0.25, 0.3) is 0 Å². The SMILES string of the molecule is CC1CCCC(NC2=NCC(C)S2)CC1. The van der Waals surface area contributed by atoms with Gasteiger partial charge in [-0.3, -0.25) is 4.99 Å². The maximum absolute atomic E-state index is 4.53. The van der Waals surface area contributed by atoms with E-state index in [4.69, 9.17) is 0 Å². The van der Waals surface area contributed by atoms with Gasteiger partial charge in [0.05, 0.1) is 6.54 Å². The van der Waals surface area contributed by atoms with Crippen molar-refractivity contribution in [2.24, 2.45) is 10.9 Å². The van der Waals surface area contributed by atoms with E-state index in [0.29, 0.717) is 11.3 Å². The van der Waals surface area contributed by atoms with Crippen molar-refractivity contribution in [1.29, 1.82) is 0 Å². The maximum Gasteiger partial charge on any atom is 0.157 e. The first-order chi connectivity index (χ1) is 7.24. The summed E-state index contributed by atoms with van der Waals surface area (Å²) < 4.78 is 0.